The Morgan fingerprint density at radius 1 is 1.12 bits per heavy atom. The number of fused-ring (bicyclic) bond motifs is 1. The van der Waals surface area contributed by atoms with E-state index >= 15 is 0 Å². The van der Waals surface area contributed by atoms with Gasteiger partial charge in [0.15, 0.2) is 0 Å². The fraction of sp³-hybridized carbons (Fsp3) is 0.278. The lowest BCUT2D eigenvalue weighted by Crippen LogP contribution is -2.35. The lowest BCUT2D eigenvalue weighted by Gasteiger charge is -2.29. The van der Waals surface area contributed by atoms with Gasteiger partial charge in [0, 0.05) is 30.4 Å². The number of carbonyl (C=O) groups is 1. The highest BCUT2D eigenvalue weighted by molar-refractivity contribution is 7.92. The second-order valence-electron chi connectivity index (χ2n) is 6.07. The molecule has 0 saturated carbocycles. The third-order valence-electron chi connectivity index (χ3n) is 4.16. The molecule has 0 aromatic heterocycles. The van der Waals surface area contributed by atoms with E-state index < -0.39 is 26.6 Å². The lowest BCUT2D eigenvalue weighted by molar-refractivity contribution is -0.118. The van der Waals surface area contributed by atoms with Crippen LogP contribution < -0.4 is 9.62 Å². The van der Waals surface area contributed by atoms with E-state index in [4.69, 9.17) is 0 Å². The molecule has 0 fully saturated rings. The van der Waals surface area contributed by atoms with Crippen LogP contribution in [0.2, 0.25) is 0 Å². The monoisotopic (exact) mass is 380 g/mol. The highest BCUT2D eigenvalue weighted by Crippen LogP contribution is 2.31. The SMILES string of the molecule is CCCN1C(=O)CCc2cc(NS(=O)(=O)c3ccc(F)cc3F)ccc21. The molecule has 2 aromatic rings. The molecule has 1 heterocycles. The van der Waals surface area contributed by atoms with Crippen molar-refractivity contribution in [1.29, 1.82) is 0 Å². The number of hydrogen-bond acceptors (Lipinski definition) is 3. The molecule has 0 radical (unpaired) electrons. The van der Waals surface area contributed by atoms with E-state index in [0.29, 0.717) is 25.5 Å². The van der Waals surface area contributed by atoms with E-state index in [1.165, 1.54) is 6.07 Å². The highest BCUT2D eigenvalue weighted by atomic mass is 32.2. The topological polar surface area (TPSA) is 66.5 Å². The molecule has 0 aliphatic carbocycles. The largest absolute Gasteiger partial charge is 0.312 e. The van der Waals surface area contributed by atoms with Gasteiger partial charge in [0.1, 0.15) is 16.5 Å². The van der Waals surface area contributed by atoms with Crippen molar-refractivity contribution in [3.05, 3.63) is 53.6 Å². The molecule has 0 spiro atoms. The number of hydrogen-bond donors (Lipinski definition) is 1. The quantitative estimate of drug-likeness (QED) is 0.864. The van der Waals surface area contributed by atoms with Crippen LogP contribution in [0.1, 0.15) is 25.3 Å². The maximum Gasteiger partial charge on any atom is 0.264 e. The molecular weight excluding hydrogens is 362 g/mol. The Morgan fingerprint density at radius 2 is 1.88 bits per heavy atom. The fourth-order valence-electron chi connectivity index (χ4n) is 3.00. The maximum atomic E-state index is 13.8. The molecule has 26 heavy (non-hydrogen) atoms. The van der Waals surface area contributed by atoms with Gasteiger partial charge in [-0.3, -0.25) is 9.52 Å². The van der Waals surface area contributed by atoms with Crippen LogP contribution in [0.4, 0.5) is 20.2 Å². The molecule has 0 bridgehead atoms. The standard InChI is InChI=1S/C18H18F2N2O3S/c1-2-9-22-16-6-5-14(10-12(16)3-8-18(22)23)21-26(24,25)17-7-4-13(19)11-15(17)20/h4-7,10-11,21H,2-3,8-9H2,1H3. The summed E-state index contributed by atoms with van der Waals surface area (Å²) in [5, 5.41) is 0. The smallest absolute Gasteiger partial charge is 0.264 e. The van der Waals surface area contributed by atoms with Crippen molar-refractivity contribution in [2.45, 2.75) is 31.1 Å². The Bertz CT molecular complexity index is 961. The second kappa shape index (κ2) is 7.03. The Balaban J connectivity index is 1.90. The van der Waals surface area contributed by atoms with E-state index in [1.807, 2.05) is 6.92 Å². The first-order chi connectivity index (χ1) is 12.3. The van der Waals surface area contributed by atoms with Crippen LogP contribution in [-0.4, -0.2) is 20.9 Å². The Morgan fingerprint density at radius 3 is 2.58 bits per heavy atom. The summed E-state index contributed by atoms with van der Waals surface area (Å²) in [5.74, 6) is -1.97. The van der Waals surface area contributed by atoms with Gasteiger partial charge in [0.25, 0.3) is 10.0 Å². The third kappa shape index (κ3) is 3.55. The van der Waals surface area contributed by atoms with Gasteiger partial charge in [0.2, 0.25) is 5.91 Å². The molecule has 0 unspecified atom stereocenters. The minimum Gasteiger partial charge on any atom is -0.312 e. The van der Waals surface area contributed by atoms with E-state index in [2.05, 4.69) is 4.72 Å². The summed E-state index contributed by atoms with van der Waals surface area (Å²) in [6.07, 6.45) is 1.67. The lowest BCUT2D eigenvalue weighted by atomic mass is 10.0. The number of halogens is 2. The van der Waals surface area contributed by atoms with Crippen LogP contribution in [-0.2, 0) is 21.2 Å². The zero-order valence-electron chi connectivity index (χ0n) is 14.1. The van der Waals surface area contributed by atoms with Gasteiger partial charge in [-0.25, -0.2) is 17.2 Å². The number of nitrogens with zero attached hydrogens (tertiary/aromatic N) is 1. The van der Waals surface area contributed by atoms with Gasteiger partial charge in [-0.1, -0.05) is 6.92 Å². The summed E-state index contributed by atoms with van der Waals surface area (Å²) in [7, 11) is -4.19. The van der Waals surface area contributed by atoms with Gasteiger partial charge < -0.3 is 4.90 Å². The summed E-state index contributed by atoms with van der Waals surface area (Å²) in [6.45, 7) is 2.57. The van der Waals surface area contributed by atoms with Crippen molar-refractivity contribution in [1.82, 2.24) is 0 Å². The number of sulfonamides is 1. The molecule has 2 aromatic carbocycles. The molecule has 0 atom stereocenters. The number of anilines is 2. The van der Waals surface area contributed by atoms with Crippen LogP contribution in [0.25, 0.3) is 0 Å². The van der Waals surface area contributed by atoms with Crippen LogP contribution in [0.15, 0.2) is 41.3 Å². The fourth-order valence-corrected chi connectivity index (χ4v) is 4.11. The maximum absolute atomic E-state index is 13.8. The zero-order valence-corrected chi connectivity index (χ0v) is 14.9. The van der Waals surface area contributed by atoms with Gasteiger partial charge in [-0.15, -0.1) is 0 Å². The van der Waals surface area contributed by atoms with E-state index in [9.17, 15) is 22.0 Å². The van der Waals surface area contributed by atoms with E-state index in [-0.39, 0.29) is 11.6 Å². The molecule has 5 nitrogen and oxygen atoms in total. The Hall–Kier alpha value is -2.48. The molecule has 1 amide bonds. The summed E-state index contributed by atoms with van der Waals surface area (Å²) in [6, 6.07) is 7.14. The van der Waals surface area contributed by atoms with Gasteiger partial charge in [-0.05, 0) is 48.7 Å². The normalized spacial score (nSPS) is 14.3. The van der Waals surface area contributed by atoms with Crippen molar-refractivity contribution in [3.8, 4) is 0 Å². The van der Waals surface area contributed by atoms with Crippen LogP contribution in [0.3, 0.4) is 0 Å². The molecule has 3 rings (SSSR count). The number of rotatable bonds is 5. The summed E-state index contributed by atoms with van der Waals surface area (Å²) < 4.78 is 53.9. The van der Waals surface area contributed by atoms with Crippen LogP contribution in [0, 0.1) is 11.6 Å². The summed E-state index contributed by atoms with van der Waals surface area (Å²) >= 11 is 0. The van der Waals surface area contributed by atoms with Crippen molar-refractivity contribution < 1.29 is 22.0 Å². The summed E-state index contributed by atoms with van der Waals surface area (Å²) in [4.78, 5) is 13.1. The predicted molar refractivity (Wildman–Crippen MR) is 94.6 cm³/mol. The highest BCUT2D eigenvalue weighted by Gasteiger charge is 2.25. The zero-order chi connectivity index (χ0) is 18.9. The van der Waals surface area contributed by atoms with E-state index in [1.54, 1.807) is 17.0 Å². The second-order valence-corrected chi connectivity index (χ2v) is 7.72. The third-order valence-corrected chi connectivity index (χ3v) is 5.58. The number of aryl methyl sites for hydroxylation is 1. The minimum atomic E-state index is -4.19. The Labute approximate surface area is 150 Å². The van der Waals surface area contributed by atoms with Crippen molar-refractivity contribution in [2.75, 3.05) is 16.2 Å². The van der Waals surface area contributed by atoms with Crippen molar-refractivity contribution in [3.63, 3.8) is 0 Å². The molecular formula is C18H18F2N2O3S. The first-order valence-corrected chi connectivity index (χ1v) is 9.71. The predicted octanol–water partition coefficient (Wildman–Crippen LogP) is 3.45. The average Bonchev–Trinajstić information content (AvgIpc) is 2.57. The van der Waals surface area contributed by atoms with Gasteiger partial charge in [0.05, 0.1) is 0 Å². The number of carbonyl (C=O) groups excluding carboxylic acids is 1. The van der Waals surface area contributed by atoms with E-state index in [0.717, 1.165) is 29.8 Å². The Kier molecular flexibility index (Phi) is 4.95. The summed E-state index contributed by atoms with van der Waals surface area (Å²) in [5.41, 5.74) is 1.87. The van der Waals surface area contributed by atoms with Crippen molar-refractivity contribution in [2.24, 2.45) is 0 Å². The number of amides is 1. The number of nitrogens with one attached hydrogen (secondary N) is 1. The first-order valence-electron chi connectivity index (χ1n) is 8.23. The molecule has 0 saturated heterocycles. The number of benzene rings is 2. The molecule has 8 heteroatoms. The molecule has 1 N–H and O–H groups in total. The van der Waals surface area contributed by atoms with Crippen LogP contribution in [0.5, 0.6) is 0 Å². The van der Waals surface area contributed by atoms with Crippen LogP contribution >= 0.6 is 0 Å². The van der Waals surface area contributed by atoms with Gasteiger partial charge in [-0.2, -0.15) is 0 Å². The average molecular weight is 380 g/mol. The first kappa shape index (κ1) is 18.3. The molecule has 138 valence electrons. The molecule has 1 aliphatic rings. The van der Waals surface area contributed by atoms with Gasteiger partial charge >= 0.3 is 0 Å². The minimum absolute atomic E-state index is 0.0427. The van der Waals surface area contributed by atoms with Crippen molar-refractivity contribution >= 4 is 27.3 Å². The molecule has 1 aliphatic heterocycles.